The molecule has 6 aromatic rings. The fourth-order valence-electron chi connectivity index (χ4n) is 8.57. The third-order valence-electron chi connectivity index (χ3n) is 12.7. The maximum absolute atomic E-state index is 12.8. The van der Waals surface area contributed by atoms with Crippen LogP contribution in [0.5, 0.6) is 11.5 Å². The first kappa shape index (κ1) is 70.1. The second-order valence-corrected chi connectivity index (χ2v) is 22.1. The van der Waals surface area contributed by atoms with Crippen LogP contribution in [-0.4, -0.2) is 189 Å². The van der Waals surface area contributed by atoms with Crippen molar-refractivity contribution < 1.29 is 76.4 Å². The number of pyridine rings is 4. The quantitative estimate of drug-likeness (QED) is 0.0249. The lowest BCUT2D eigenvalue weighted by atomic mass is 10.1. The average molecular weight is 1270 g/mol. The largest absolute Gasteiger partial charge is 0.487 e. The van der Waals surface area contributed by atoms with Crippen molar-refractivity contribution in [2.75, 3.05) is 89.9 Å². The lowest BCUT2D eigenvalue weighted by molar-refractivity contribution is -0.160. The van der Waals surface area contributed by atoms with Gasteiger partial charge in [0.15, 0.2) is 34.4 Å². The summed E-state index contributed by atoms with van der Waals surface area (Å²) in [6.07, 6.45) is 7.67. The van der Waals surface area contributed by atoms with Crippen LogP contribution < -0.4 is 31.2 Å². The van der Waals surface area contributed by atoms with Crippen molar-refractivity contribution in [2.45, 2.75) is 115 Å². The average Bonchev–Trinajstić information content (AvgIpc) is 1.62. The molecule has 2 aliphatic rings. The van der Waals surface area contributed by atoms with Gasteiger partial charge in [-0.2, -0.15) is 10.5 Å². The van der Waals surface area contributed by atoms with Gasteiger partial charge in [0.25, 0.3) is 0 Å². The third-order valence-corrected chi connectivity index (χ3v) is 12.7. The molecule has 0 saturated carbocycles. The number of hydrogen-bond donors (Lipinski definition) is 5. The molecule has 6 aromatic heterocycles. The minimum Gasteiger partial charge on any atom is -0.487 e. The number of nitrogens with two attached hydrogens (primary N) is 1. The Morgan fingerprint density at radius 2 is 1.09 bits per heavy atom. The van der Waals surface area contributed by atoms with E-state index >= 15 is 0 Å². The molecule has 31 heteroatoms. The number of nitrogens with zero attached hydrogens (tertiary/aromatic N) is 10. The summed E-state index contributed by atoms with van der Waals surface area (Å²) < 4.78 is 58.3. The maximum atomic E-state index is 12.8. The fourth-order valence-corrected chi connectivity index (χ4v) is 8.57. The molecule has 0 bridgehead atoms. The molecule has 1 amide bonds. The lowest BCUT2D eigenvalue weighted by Gasteiger charge is -2.24. The van der Waals surface area contributed by atoms with Crippen LogP contribution in [0, 0.1) is 22.7 Å². The normalized spacial score (nSPS) is 14.2. The molecule has 30 nitrogen and oxygen atoms in total. The van der Waals surface area contributed by atoms with E-state index in [1.54, 1.807) is 99.7 Å². The van der Waals surface area contributed by atoms with Crippen molar-refractivity contribution in [3.63, 3.8) is 0 Å². The Bertz CT molecular complexity index is 3390. The number of carbonyl (C=O) groups is 5. The van der Waals surface area contributed by atoms with Gasteiger partial charge in [0.2, 0.25) is 0 Å². The van der Waals surface area contributed by atoms with Gasteiger partial charge in [0, 0.05) is 63.0 Å². The molecule has 0 aliphatic carbocycles. The van der Waals surface area contributed by atoms with E-state index in [4.69, 9.17) is 78.7 Å². The van der Waals surface area contributed by atoms with Crippen LogP contribution in [-0.2, 0) is 57.1 Å². The summed E-state index contributed by atoms with van der Waals surface area (Å²) in [6, 6.07) is 12.3. The van der Waals surface area contributed by atoms with Gasteiger partial charge in [-0.3, -0.25) is 23.5 Å². The fraction of sp³-hybridized carbons (Fsp3) is 0.508. The van der Waals surface area contributed by atoms with Gasteiger partial charge < -0.3 is 74.2 Å². The first-order valence-electron chi connectivity index (χ1n) is 28.8. The zero-order valence-corrected chi connectivity index (χ0v) is 51.7. The van der Waals surface area contributed by atoms with E-state index in [0.717, 1.165) is 25.7 Å². The topological polar surface area (TPSA) is 395 Å². The molecular formula is C59H75ClN14O16. The molecule has 0 unspecified atom stereocenters. The van der Waals surface area contributed by atoms with Crippen LogP contribution in [0.3, 0.4) is 0 Å². The van der Waals surface area contributed by atoms with E-state index < -0.39 is 66.1 Å². The number of esters is 3. The Morgan fingerprint density at radius 1 is 0.644 bits per heavy atom. The molecule has 2 saturated heterocycles. The number of nitrogens with one attached hydrogen (secondary N) is 3. The summed E-state index contributed by atoms with van der Waals surface area (Å²) in [4.78, 5) is 87.1. The van der Waals surface area contributed by atoms with E-state index in [-0.39, 0.29) is 77.3 Å². The number of ether oxygens (including phenoxy) is 10. The highest BCUT2D eigenvalue weighted by atomic mass is 35.5. The van der Waals surface area contributed by atoms with Crippen molar-refractivity contribution in [3.8, 4) is 35.3 Å². The lowest BCUT2D eigenvalue weighted by Crippen LogP contribution is -2.46. The predicted octanol–water partition coefficient (Wildman–Crippen LogP) is 5.28. The number of aliphatic carboxylic acids is 1. The van der Waals surface area contributed by atoms with Crippen LogP contribution in [0.25, 0.3) is 34.0 Å². The predicted molar refractivity (Wildman–Crippen MR) is 323 cm³/mol. The van der Waals surface area contributed by atoms with E-state index in [1.807, 2.05) is 0 Å². The molecule has 0 radical (unpaired) electrons. The van der Waals surface area contributed by atoms with Gasteiger partial charge in [0.1, 0.15) is 97.2 Å². The molecule has 2 fully saturated rings. The SMILES string of the molecule is CC(C)(C)OC(=O)C[C@H](NC(=O)OC(C)(C)C)C(=O)OCCOCCOc1cc2ncn(-c3ccc(C#N)cn3)c2nc1NC1CCOCC1.Cl.N#Cc1ccc(-n2cnc3cc(OCCOCCOC(=O)[C@@H](N)CC(=O)O)c(NC4CCOCC4)nc32)nc1. The summed E-state index contributed by atoms with van der Waals surface area (Å²) in [5, 5.41) is 36.2. The van der Waals surface area contributed by atoms with Gasteiger partial charge >= 0.3 is 30.0 Å². The maximum Gasteiger partial charge on any atom is 0.408 e. The Balaban J connectivity index is 0.000000292. The second kappa shape index (κ2) is 34.1. The van der Waals surface area contributed by atoms with Gasteiger partial charge in [-0.05, 0) is 91.5 Å². The number of aromatic nitrogens is 8. The number of amides is 1. The summed E-state index contributed by atoms with van der Waals surface area (Å²) in [6.45, 7) is 13.4. The van der Waals surface area contributed by atoms with Crippen molar-refractivity contribution in [2.24, 2.45) is 5.73 Å². The summed E-state index contributed by atoms with van der Waals surface area (Å²) in [5.74, 6) is -0.283. The number of hydrogen-bond acceptors (Lipinski definition) is 26. The number of carboxylic acids is 1. The van der Waals surface area contributed by atoms with Gasteiger partial charge in [-0.1, -0.05) is 0 Å². The highest BCUT2D eigenvalue weighted by Crippen LogP contribution is 2.32. The van der Waals surface area contributed by atoms with Crippen molar-refractivity contribution in [3.05, 3.63) is 72.6 Å². The van der Waals surface area contributed by atoms with Gasteiger partial charge in [-0.25, -0.2) is 39.5 Å². The number of rotatable bonds is 27. The third kappa shape index (κ3) is 22.2. The highest BCUT2D eigenvalue weighted by Gasteiger charge is 2.31. The molecule has 8 heterocycles. The van der Waals surface area contributed by atoms with E-state index in [1.165, 1.54) is 12.4 Å². The summed E-state index contributed by atoms with van der Waals surface area (Å²) in [5.41, 5.74) is 7.09. The van der Waals surface area contributed by atoms with E-state index in [0.29, 0.717) is 94.7 Å². The molecule has 6 N–H and O–H groups in total. The number of nitriles is 2. The highest BCUT2D eigenvalue weighted by molar-refractivity contribution is 5.87. The Labute approximate surface area is 524 Å². The first-order valence-corrected chi connectivity index (χ1v) is 28.8. The zero-order chi connectivity index (χ0) is 63.9. The van der Waals surface area contributed by atoms with Gasteiger partial charge in [-0.15, -0.1) is 12.4 Å². The van der Waals surface area contributed by atoms with Gasteiger partial charge in [0.05, 0.1) is 50.4 Å². The Kier molecular flexibility index (Phi) is 26.5. The van der Waals surface area contributed by atoms with E-state index in [9.17, 15) is 24.0 Å². The molecule has 2 atom stereocenters. The number of anilines is 2. The zero-order valence-electron chi connectivity index (χ0n) is 50.8. The van der Waals surface area contributed by atoms with Crippen LogP contribution >= 0.6 is 12.4 Å². The smallest absolute Gasteiger partial charge is 0.408 e. The minimum atomic E-state index is -1.32. The van der Waals surface area contributed by atoms with E-state index in [2.05, 4.69) is 48.0 Å². The van der Waals surface area contributed by atoms with Crippen molar-refractivity contribution in [1.29, 1.82) is 10.5 Å². The Hall–Kier alpha value is -9.04. The second-order valence-electron chi connectivity index (χ2n) is 22.1. The van der Waals surface area contributed by atoms with Crippen LogP contribution in [0.2, 0.25) is 0 Å². The monoisotopic (exact) mass is 1270 g/mol. The number of fused-ring (bicyclic) bond motifs is 2. The molecule has 90 heavy (non-hydrogen) atoms. The summed E-state index contributed by atoms with van der Waals surface area (Å²) >= 11 is 0. The Morgan fingerprint density at radius 3 is 1.50 bits per heavy atom. The number of imidazole rings is 2. The van der Waals surface area contributed by atoms with Crippen molar-refractivity contribution in [1.82, 2.24) is 44.4 Å². The molecule has 484 valence electrons. The number of carbonyl (C=O) groups excluding carboxylic acids is 4. The summed E-state index contributed by atoms with van der Waals surface area (Å²) in [7, 11) is 0. The molecule has 2 aliphatic heterocycles. The van der Waals surface area contributed by atoms with Crippen LogP contribution in [0.15, 0.2) is 61.4 Å². The minimum absolute atomic E-state index is 0. The van der Waals surface area contributed by atoms with Crippen molar-refractivity contribution >= 4 is 76.3 Å². The first-order chi connectivity index (χ1) is 42.6. The standard InChI is InChI=1S/C34H45N7O9.C25H29N7O7.ClH/c1-33(2,3)49-28(42)18-25(39-32(44)50-34(4,5)6)31(43)48-16-14-46-13-15-47-26-17-24-30(40-29(26)38-23-9-11-45-12-10-23)41(21-37-24)27-8-7-22(19-35)20-36-27;26-13-16-1-2-21(28-14-16)32-15-29-19-12-20(23(31-24(19)32)30-17-3-5-36-6-4-17)38-9-7-37-8-10-39-25(35)18(27)11-22(33)34;/h7-8,17,20-21,23,25H,9-16,18H2,1-6H3,(H,38,40)(H,39,44);1-2,12,14-15,17-18H,3-11,27H2,(H,30,31)(H,33,34);1H/t25-;18-;/m00./s1. The number of alkyl carbamates (subject to hydrolysis) is 1. The molecule has 0 spiro atoms. The number of halogens is 1. The molecule has 8 rings (SSSR count). The van der Waals surface area contributed by atoms with Crippen LogP contribution in [0.1, 0.15) is 91.2 Å². The number of carboxylic acid groups (broad SMARTS) is 1. The van der Waals surface area contributed by atoms with Crippen LogP contribution in [0.4, 0.5) is 16.4 Å². The molecule has 0 aromatic carbocycles. The molecular weight excluding hydrogens is 1200 g/mol.